The SMILES string of the molecule is Cc1ccc(C)c(CN2C(=O)N[C@](C)(Cc3ccc4c(c3)OCO4)C2=O)c1. The molecule has 0 spiro atoms. The molecule has 27 heavy (non-hydrogen) atoms. The van der Waals surface area contributed by atoms with Gasteiger partial charge < -0.3 is 14.8 Å². The smallest absolute Gasteiger partial charge is 0.325 e. The molecule has 0 aliphatic carbocycles. The molecule has 2 aromatic carbocycles. The van der Waals surface area contributed by atoms with Crippen LogP contribution >= 0.6 is 0 Å². The number of hydrogen-bond donors (Lipinski definition) is 1. The van der Waals surface area contributed by atoms with Crippen LogP contribution in [0.5, 0.6) is 11.5 Å². The second-order valence-corrected chi connectivity index (χ2v) is 7.45. The molecule has 140 valence electrons. The van der Waals surface area contributed by atoms with E-state index in [2.05, 4.69) is 5.32 Å². The van der Waals surface area contributed by atoms with E-state index in [4.69, 9.17) is 9.47 Å². The molecular weight excluding hydrogens is 344 g/mol. The van der Waals surface area contributed by atoms with Crippen LogP contribution in [0.3, 0.4) is 0 Å². The number of fused-ring (bicyclic) bond motifs is 1. The summed E-state index contributed by atoms with van der Waals surface area (Å²) >= 11 is 0. The number of rotatable bonds is 4. The number of carbonyl (C=O) groups is 2. The molecule has 1 saturated heterocycles. The zero-order valence-electron chi connectivity index (χ0n) is 15.7. The van der Waals surface area contributed by atoms with Gasteiger partial charge >= 0.3 is 6.03 Å². The predicted octanol–water partition coefficient (Wildman–Crippen LogP) is 3.09. The van der Waals surface area contributed by atoms with E-state index >= 15 is 0 Å². The fourth-order valence-corrected chi connectivity index (χ4v) is 3.61. The highest BCUT2D eigenvalue weighted by Crippen LogP contribution is 2.34. The lowest BCUT2D eigenvalue weighted by Gasteiger charge is -2.22. The van der Waals surface area contributed by atoms with Crippen LogP contribution in [0.15, 0.2) is 36.4 Å². The molecule has 2 aliphatic rings. The van der Waals surface area contributed by atoms with Gasteiger partial charge in [-0.3, -0.25) is 9.69 Å². The van der Waals surface area contributed by atoms with E-state index in [1.807, 2.05) is 50.2 Å². The summed E-state index contributed by atoms with van der Waals surface area (Å²) in [5.41, 5.74) is 3.06. The van der Waals surface area contributed by atoms with E-state index in [0.29, 0.717) is 17.9 Å². The lowest BCUT2D eigenvalue weighted by molar-refractivity contribution is -0.131. The van der Waals surface area contributed by atoms with E-state index < -0.39 is 5.54 Å². The first-order chi connectivity index (χ1) is 12.9. The van der Waals surface area contributed by atoms with E-state index in [1.165, 1.54) is 4.90 Å². The topological polar surface area (TPSA) is 67.9 Å². The summed E-state index contributed by atoms with van der Waals surface area (Å²) in [6.45, 7) is 6.22. The van der Waals surface area contributed by atoms with Gasteiger partial charge in [0.05, 0.1) is 6.54 Å². The molecule has 0 radical (unpaired) electrons. The van der Waals surface area contributed by atoms with Gasteiger partial charge in [0.25, 0.3) is 5.91 Å². The number of nitrogens with one attached hydrogen (secondary N) is 1. The van der Waals surface area contributed by atoms with Crippen LogP contribution in [-0.4, -0.2) is 29.2 Å². The Balaban J connectivity index is 1.55. The van der Waals surface area contributed by atoms with Gasteiger partial charge in [0.1, 0.15) is 5.54 Å². The van der Waals surface area contributed by atoms with Gasteiger partial charge in [-0.2, -0.15) is 0 Å². The third-order valence-corrected chi connectivity index (χ3v) is 5.17. The Morgan fingerprint density at radius 1 is 1.07 bits per heavy atom. The van der Waals surface area contributed by atoms with Gasteiger partial charge in [-0.1, -0.05) is 29.8 Å². The third kappa shape index (κ3) is 3.12. The quantitative estimate of drug-likeness (QED) is 0.845. The Hall–Kier alpha value is -3.02. The maximum absolute atomic E-state index is 13.1. The van der Waals surface area contributed by atoms with Crippen LogP contribution in [0.25, 0.3) is 0 Å². The van der Waals surface area contributed by atoms with Crippen LogP contribution in [-0.2, 0) is 17.8 Å². The molecule has 4 rings (SSSR count). The van der Waals surface area contributed by atoms with E-state index in [0.717, 1.165) is 22.3 Å². The molecule has 2 heterocycles. The maximum atomic E-state index is 13.1. The van der Waals surface area contributed by atoms with Crippen molar-refractivity contribution in [1.29, 1.82) is 0 Å². The number of urea groups is 1. The summed E-state index contributed by atoms with van der Waals surface area (Å²) in [4.78, 5) is 26.9. The second kappa shape index (κ2) is 6.30. The van der Waals surface area contributed by atoms with Gasteiger partial charge in [-0.15, -0.1) is 0 Å². The van der Waals surface area contributed by atoms with Crippen molar-refractivity contribution >= 4 is 11.9 Å². The summed E-state index contributed by atoms with van der Waals surface area (Å²) in [7, 11) is 0. The standard InChI is InChI=1S/C21H22N2O4/c1-13-4-5-14(2)16(8-13)11-23-19(24)21(3,22-20(23)25)10-15-6-7-17-18(9-15)27-12-26-17/h4-9H,10-12H2,1-3H3,(H,22,25)/t21-/m1/s1. The van der Waals surface area contributed by atoms with Crippen molar-refractivity contribution in [2.45, 2.75) is 39.3 Å². The Bertz CT molecular complexity index is 940. The highest BCUT2D eigenvalue weighted by molar-refractivity contribution is 6.06. The molecule has 0 bridgehead atoms. The summed E-state index contributed by atoms with van der Waals surface area (Å²) in [5.74, 6) is 1.15. The van der Waals surface area contributed by atoms with Crippen LogP contribution < -0.4 is 14.8 Å². The number of amides is 3. The molecule has 2 aliphatic heterocycles. The van der Waals surface area contributed by atoms with Gasteiger partial charge in [0, 0.05) is 6.42 Å². The first-order valence-electron chi connectivity index (χ1n) is 8.94. The average Bonchev–Trinajstić information content (AvgIpc) is 3.16. The molecule has 1 atom stereocenters. The Kier molecular flexibility index (Phi) is 4.06. The van der Waals surface area contributed by atoms with Crippen LogP contribution in [0.4, 0.5) is 4.79 Å². The number of hydrogen-bond acceptors (Lipinski definition) is 4. The Labute approximate surface area is 158 Å². The molecular formula is C21H22N2O4. The first-order valence-corrected chi connectivity index (χ1v) is 8.94. The molecule has 2 aromatic rings. The highest BCUT2D eigenvalue weighted by atomic mass is 16.7. The zero-order valence-corrected chi connectivity index (χ0v) is 15.7. The van der Waals surface area contributed by atoms with Crippen LogP contribution in [0.2, 0.25) is 0 Å². The lowest BCUT2D eigenvalue weighted by Crippen LogP contribution is -2.45. The number of benzene rings is 2. The van der Waals surface area contributed by atoms with Crippen molar-refractivity contribution < 1.29 is 19.1 Å². The second-order valence-electron chi connectivity index (χ2n) is 7.45. The summed E-state index contributed by atoms with van der Waals surface area (Å²) in [5, 5.41) is 2.87. The largest absolute Gasteiger partial charge is 0.454 e. The summed E-state index contributed by atoms with van der Waals surface area (Å²) in [6, 6.07) is 11.3. The summed E-state index contributed by atoms with van der Waals surface area (Å²) in [6.07, 6.45) is 0.386. The fourth-order valence-electron chi connectivity index (χ4n) is 3.61. The van der Waals surface area contributed by atoms with Crippen LogP contribution in [0, 0.1) is 13.8 Å². The molecule has 6 heteroatoms. The van der Waals surface area contributed by atoms with Gasteiger partial charge in [-0.25, -0.2) is 4.79 Å². The maximum Gasteiger partial charge on any atom is 0.325 e. The highest BCUT2D eigenvalue weighted by Gasteiger charge is 2.47. The molecule has 1 fully saturated rings. The normalized spacial score (nSPS) is 20.9. The number of carbonyl (C=O) groups excluding carboxylic acids is 2. The minimum atomic E-state index is -0.984. The fraction of sp³-hybridized carbons (Fsp3) is 0.333. The lowest BCUT2D eigenvalue weighted by atomic mass is 9.92. The Morgan fingerprint density at radius 3 is 2.67 bits per heavy atom. The molecule has 0 unspecified atom stereocenters. The van der Waals surface area contributed by atoms with Gasteiger partial charge in [-0.05, 0) is 49.6 Å². The predicted molar refractivity (Wildman–Crippen MR) is 99.7 cm³/mol. The third-order valence-electron chi connectivity index (χ3n) is 5.17. The molecule has 0 saturated carbocycles. The number of aryl methyl sites for hydroxylation is 2. The van der Waals surface area contributed by atoms with Crippen molar-refractivity contribution in [3.63, 3.8) is 0 Å². The molecule has 1 N–H and O–H groups in total. The van der Waals surface area contributed by atoms with Crippen molar-refractivity contribution in [3.05, 3.63) is 58.7 Å². The average molecular weight is 366 g/mol. The van der Waals surface area contributed by atoms with E-state index in [-0.39, 0.29) is 25.3 Å². The molecule has 3 amide bonds. The van der Waals surface area contributed by atoms with Crippen LogP contribution in [0.1, 0.15) is 29.2 Å². The zero-order chi connectivity index (χ0) is 19.2. The van der Waals surface area contributed by atoms with Crippen molar-refractivity contribution in [2.75, 3.05) is 6.79 Å². The minimum Gasteiger partial charge on any atom is -0.454 e. The number of imide groups is 1. The number of ether oxygens (including phenoxy) is 2. The van der Waals surface area contributed by atoms with Crippen molar-refractivity contribution in [3.8, 4) is 11.5 Å². The minimum absolute atomic E-state index is 0.204. The number of nitrogens with zero attached hydrogens (tertiary/aromatic N) is 1. The first kappa shape index (κ1) is 17.4. The van der Waals surface area contributed by atoms with E-state index in [1.54, 1.807) is 6.92 Å². The van der Waals surface area contributed by atoms with Gasteiger partial charge in [0.2, 0.25) is 6.79 Å². The molecule has 0 aromatic heterocycles. The summed E-state index contributed by atoms with van der Waals surface area (Å²) < 4.78 is 10.7. The molecule has 6 nitrogen and oxygen atoms in total. The monoisotopic (exact) mass is 366 g/mol. The Morgan fingerprint density at radius 2 is 1.85 bits per heavy atom. The van der Waals surface area contributed by atoms with Crippen molar-refractivity contribution in [1.82, 2.24) is 10.2 Å². The van der Waals surface area contributed by atoms with Crippen molar-refractivity contribution in [2.24, 2.45) is 0 Å². The van der Waals surface area contributed by atoms with E-state index in [9.17, 15) is 9.59 Å². The van der Waals surface area contributed by atoms with Gasteiger partial charge in [0.15, 0.2) is 11.5 Å².